The molecule has 2 N–H and O–H groups in total. The summed E-state index contributed by atoms with van der Waals surface area (Å²) in [6, 6.07) is 5.89. The Labute approximate surface area is 182 Å². The van der Waals surface area contributed by atoms with Crippen molar-refractivity contribution in [1.82, 2.24) is 0 Å². The van der Waals surface area contributed by atoms with Crippen LogP contribution in [0.4, 0.5) is 20.2 Å². The quantitative estimate of drug-likeness (QED) is 0.707. The second-order valence-corrected chi connectivity index (χ2v) is 8.51. The van der Waals surface area contributed by atoms with Crippen molar-refractivity contribution < 1.29 is 23.4 Å². The number of fused-ring (bicyclic) bond motifs is 1. The van der Waals surface area contributed by atoms with Crippen LogP contribution >= 0.6 is 23.2 Å². The summed E-state index contributed by atoms with van der Waals surface area (Å²) in [6.07, 6.45) is 1.27. The zero-order valence-corrected chi connectivity index (χ0v) is 17.5. The molecule has 2 aromatic carbocycles. The summed E-state index contributed by atoms with van der Waals surface area (Å²) >= 11 is 11.8. The van der Waals surface area contributed by atoms with Gasteiger partial charge in [-0.1, -0.05) is 23.2 Å². The Hall–Kier alpha value is -2.09. The number of piperidine rings is 1. The van der Waals surface area contributed by atoms with Gasteiger partial charge in [0.25, 0.3) is 0 Å². The van der Waals surface area contributed by atoms with Gasteiger partial charge in [0.15, 0.2) is 5.82 Å². The van der Waals surface area contributed by atoms with E-state index in [9.17, 15) is 18.7 Å². The number of amides is 1. The highest BCUT2D eigenvalue weighted by molar-refractivity contribution is 6.31. The molecule has 0 radical (unpaired) electrons. The van der Waals surface area contributed by atoms with Gasteiger partial charge in [0.2, 0.25) is 5.91 Å². The molecule has 0 aliphatic carbocycles. The van der Waals surface area contributed by atoms with Gasteiger partial charge in [-0.05, 0) is 37.5 Å². The van der Waals surface area contributed by atoms with E-state index in [0.29, 0.717) is 54.4 Å². The molecule has 9 heteroatoms. The molecule has 0 unspecified atom stereocenters. The summed E-state index contributed by atoms with van der Waals surface area (Å²) in [6.45, 7) is 0.861. The Balaban J connectivity index is 1.44. The molecule has 1 amide bonds. The minimum atomic E-state index is -1.12. The molecule has 160 valence electrons. The third-order valence-corrected chi connectivity index (χ3v) is 6.10. The highest BCUT2D eigenvalue weighted by atomic mass is 35.5. The van der Waals surface area contributed by atoms with Gasteiger partial charge in [0, 0.05) is 36.2 Å². The average molecular weight is 457 g/mol. The predicted octanol–water partition coefficient (Wildman–Crippen LogP) is 4.57. The van der Waals surface area contributed by atoms with E-state index in [1.165, 1.54) is 12.1 Å². The number of hydrogen-bond acceptors (Lipinski definition) is 4. The second kappa shape index (κ2) is 8.21. The van der Waals surface area contributed by atoms with Gasteiger partial charge < -0.3 is 20.1 Å². The number of rotatable bonds is 4. The smallest absolute Gasteiger partial charge is 0.224 e. The maximum absolute atomic E-state index is 14.3. The molecule has 4 rings (SSSR count). The molecular weight excluding hydrogens is 437 g/mol. The molecule has 1 fully saturated rings. The monoisotopic (exact) mass is 456 g/mol. The van der Waals surface area contributed by atoms with Crippen molar-refractivity contribution in [1.29, 1.82) is 0 Å². The van der Waals surface area contributed by atoms with Crippen molar-refractivity contribution in [2.75, 3.05) is 29.9 Å². The molecular formula is C21H20Cl2F2N2O3. The van der Waals surface area contributed by atoms with Crippen LogP contribution < -0.4 is 15.0 Å². The van der Waals surface area contributed by atoms with E-state index >= 15 is 0 Å². The number of hydrogen-bond donors (Lipinski definition) is 2. The van der Waals surface area contributed by atoms with Crippen molar-refractivity contribution in [3.63, 3.8) is 0 Å². The van der Waals surface area contributed by atoms with Crippen LogP contribution in [0.3, 0.4) is 0 Å². The Morgan fingerprint density at radius 1 is 1.17 bits per heavy atom. The fraction of sp³-hybridized carbons (Fsp3) is 0.381. The van der Waals surface area contributed by atoms with E-state index in [2.05, 4.69) is 5.32 Å². The lowest BCUT2D eigenvalue weighted by Gasteiger charge is -2.39. The lowest BCUT2D eigenvalue weighted by Crippen LogP contribution is -2.48. The molecule has 2 aliphatic rings. The summed E-state index contributed by atoms with van der Waals surface area (Å²) in [7, 11) is 0. The van der Waals surface area contributed by atoms with E-state index in [1.54, 1.807) is 12.1 Å². The molecule has 5 nitrogen and oxygen atoms in total. The molecule has 0 bridgehead atoms. The van der Waals surface area contributed by atoms with Gasteiger partial charge in [-0.2, -0.15) is 0 Å². The first-order valence-electron chi connectivity index (χ1n) is 9.62. The van der Waals surface area contributed by atoms with Crippen LogP contribution in [0.1, 0.15) is 24.8 Å². The molecule has 0 aromatic heterocycles. The van der Waals surface area contributed by atoms with E-state index in [4.69, 9.17) is 27.9 Å². The number of anilines is 2. The normalized spacial score (nSPS) is 18.0. The summed E-state index contributed by atoms with van der Waals surface area (Å²) in [5, 5.41) is 13.6. The lowest BCUT2D eigenvalue weighted by atomic mass is 9.92. The topological polar surface area (TPSA) is 61.8 Å². The fourth-order valence-electron chi connectivity index (χ4n) is 3.85. The van der Waals surface area contributed by atoms with Crippen molar-refractivity contribution >= 4 is 40.5 Å². The lowest BCUT2D eigenvalue weighted by molar-refractivity contribution is -0.116. The highest BCUT2D eigenvalue weighted by Crippen LogP contribution is 2.39. The van der Waals surface area contributed by atoms with E-state index in [0.717, 1.165) is 0 Å². The highest BCUT2D eigenvalue weighted by Gasteiger charge is 2.35. The summed E-state index contributed by atoms with van der Waals surface area (Å²) in [5.41, 5.74) is -0.113. The molecule has 0 saturated carbocycles. The summed E-state index contributed by atoms with van der Waals surface area (Å²) < 4.78 is 34.3. The first-order valence-corrected chi connectivity index (χ1v) is 10.4. The molecule has 1 saturated heterocycles. The van der Waals surface area contributed by atoms with Crippen LogP contribution in [0.2, 0.25) is 10.0 Å². The van der Waals surface area contributed by atoms with Crippen LogP contribution in [-0.2, 0) is 11.2 Å². The van der Waals surface area contributed by atoms with Crippen LogP contribution in [0.15, 0.2) is 24.3 Å². The molecule has 2 aromatic rings. The van der Waals surface area contributed by atoms with Crippen molar-refractivity contribution in [2.24, 2.45) is 0 Å². The Bertz CT molecular complexity index is 995. The number of carbonyl (C=O) groups is 1. The minimum absolute atomic E-state index is 0.0215. The van der Waals surface area contributed by atoms with Crippen LogP contribution in [0.5, 0.6) is 5.75 Å². The van der Waals surface area contributed by atoms with Gasteiger partial charge >= 0.3 is 0 Å². The number of nitrogens with one attached hydrogen (secondary N) is 1. The number of carbonyl (C=O) groups excluding carboxylic acids is 1. The Kier molecular flexibility index (Phi) is 5.79. The zero-order valence-electron chi connectivity index (χ0n) is 16.0. The van der Waals surface area contributed by atoms with E-state index in [-0.39, 0.29) is 29.6 Å². The predicted molar refractivity (Wildman–Crippen MR) is 112 cm³/mol. The maximum atomic E-state index is 14.3. The largest absolute Gasteiger partial charge is 0.490 e. The van der Waals surface area contributed by atoms with Gasteiger partial charge in [0.05, 0.1) is 16.4 Å². The third kappa shape index (κ3) is 4.19. The number of aliphatic hydroxyl groups is 1. The van der Waals surface area contributed by atoms with Gasteiger partial charge in [-0.15, -0.1) is 0 Å². The van der Waals surface area contributed by atoms with Crippen LogP contribution in [-0.4, -0.2) is 36.3 Å². The minimum Gasteiger partial charge on any atom is -0.490 e. The SMILES string of the molecule is O=C1CCc2c(OCC3(O)CCN(c4ccc(Cl)cc4F)CC3)cc(Cl)c(F)c2N1. The Morgan fingerprint density at radius 3 is 2.60 bits per heavy atom. The van der Waals surface area contributed by atoms with E-state index < -0.39 is 17.2 Å². The Morgan fingerprint density at radius 2 is 1.90 bits per heavy atom. The molecule has 0 atom stereocenters. The van der Waals surface area contributed by atoms with Gasteiger partial charge in [-0.3, -0.25) is 4.79 Å². The first kappa shape index (κ1) is 21.2. The zero-order chi connectivity index (χ0) is 21.5. The first-order chi connectivity index (χ1) is 14.3. The van der Waals surface area contributed by atoms with Crippen LogP contribution in [0.25, 0.3) is 0 Å². The molecule has 30 heavy (non-hydrogen) atoms. The van der Waals surface area contributed by atoms with Crippen LogP contribution in [0, 0.1) is 11.6 Å². The summed E-state index contributed by atoms with van der Waals surface area (Å²) in [5.74, 6) is -1.03. The number of benzene rings is 2. The molecule has 0 spiro atoms. The maximum Gasteiger partial charge on any atom is 0.224 e. The third-order valence-electron chi connectivity index (χ3n) is 5.59. The number of halogens is 4. The van der Waals surface area contributed by atoms with Crippen molar-refractivity contribution in [3.8, 4) is 5.75 Å². The van der Waals surface area contributed by atoms with Crippen molar-refractivity contribution in [2.45, 2.75) is 31.3 Å². The number of ether oxygens (including phenoxy) is 1. The average Bonchev–Trinajstić information content (AvgIpc) is 2.71. The number of nitrogens with zero attached hydrogens (tertiary/aromatic N) is 1. The fourth-order valence-corrected chi connectivity index (χ4v) is 4.20. The standard InChI is InChI=1S/C21H20Cl2F2N2O3/c22-12-1-3-16(15(24)9-12)27-7-5-21(29,6-8-27)11-30-17-10-14(23)19(25)20-13(17)2-4-18(28)26-20/h1,3,9-10,29H,2,4-8,11H2,(H,26,28). The van der Waals surface area contributed by atoms with E-state index in [1.807, 2.05) is 4.90 Å². The van der Waals surface area contributed by atoms with Crippen molar-refractivity contribution in [3.05, 3.63) is 51.5 Å². The molecule has 2 aliphatic heterocycles. The second-order valence-electron chi connectivity index (χ2n) is 7.67. The van der Waals surface area contributed by atoms with Gasteiger partial charge in [0.1, 0.15) is 23.8 Å². The summed E-state index contributed by atoms with van der Waals surface area (Å²) in [4.78, 5) is 13.5. The molecule has 2 heterocycles. The van der Waals surface area contributed by atoms with Gasteiger partial charge in [-0.25, -0.2) is 8.78 Å².